The molecular weight excluding hydrogens is 380 g/mol. The van der Waals surface area contributed by atoms with Gasteiger partial charge in [0.05, 0.1) is 5.56 Å². The molecule has 0 aliphatic heterocycles. The lowest BCUT2D eigenvalue weighted by molar-refractivity contribution is 0.0161. The first-order valence-electron chi connectivity index (χ1n) is 13.5. The smallest absolute Gasteiger partial charge is 0.338 e. The topological polar surface area (TPSA) is 26.3 Å². The molecule has 0 unspecified atom stereocenters. The molecule has 0 N–H and O–H groups in total. The lowest BCUT2D eigenvalue weighted by Gasteiger charge is -2.29. The van der Waals surface area contributed by atoms with Crippen molar-refractivity contribution in [3.63, 3.8) is 0 Å². The fraction of sp³-hybridized carbons (Fsp3) is 0.759. The molecule has 0 spiro atoms. The maximum absolute atomic E-state index is 12.6. The molecule has 0 heterocycles. The summed E-state index contributed by atoms with van der Waals surface area (Å²) in [5.41, 5.74) is 2.13. The molecule has 0 aromatic heterocycles. The Labute approximate surface area is 191 Å². The molecule has 3 rings (SSSR count). The highest BCUT2D eigenvalue weighted by molar-refractivity contribution is 5.89. The van der Waals surface area contributed by atoms with Crippen LogP contribution < -0.4 is 0 Å². The Balaban J connectivity index is 1.36. The Morgan fingerprint density at radius 1 is 0.742 bits per heavy atom. The molecule has 2 saturated carbocycles. The number of hydrogen-bond donors (Lipinski definition) is 0. The summed E-state index contributed by atoms with van der Waals surface area (Å²) in [6.45, 7) is 4.57. The van der Waals surface area contributed by atoms with Gasteiger partial charge >= 0.3 is 5.97 Å². The van der Waals surface area contributed by atoms with E-state index < -0.39 is 0 Å². The molecule has 1 aromatic rings. The second-order valence-corrected chi connectivity index (χ2v) is 10.4. The van der Waals surface area contributed by atoms with Gasteiger partial charge in [-0.2, -0.15) is 0 Å². The molecule has 2 aliphatic carbocycles. The summed E-state index contributed by atoms with van der Waals surface area (Å²) in [7, 11) is 0. The highest BCUT2D eigenvalue weighted by atomic mass is 16.5. The van der Waals surface area contributed by atoms with E-state index in [-0.39, 0.29) is 12.1 Å². The van der Waals surface area contributed by atoms with Crippen molar-refractivity contribution in [1.29, 1.82) is 0 Å². The van der Waals surface area contributed by atoms with Crippen LogP contribution in [0.15, 0.2) is 24.3 Å². The monoisotopic (exact) mass is 426 g/mol. The van der Waals surface area contributed by atoms with Crippen LogP contribution in [-0.2, 0) is 4.74 Å². The van der Waals surface area contributed by atoms with E-state index in [0.29, 0.717) is 5.92 Å². The van der Waals surface area contributed by atoms with Crippen molar-refractivity contribution in [2.45, 2.75) is 129 Å². The maximum Gasteiger partial charge on any atom is 0.338 e. The summed E-state index contributed by atoms with van der Waals surface area (Å²) in [4.78, 5) is 12.6. The molecule has 1 aromatic carbocycles. The van der Waals surface area contributed by atoms with Gasteiger partial charge in [-0.3, -0.25) is 0 Å². The maximum atomic E-state index is 12.6. The van der Waals surface area contributed by atoms with E-state index in [0.717, 1.165) is 30.2 Å². The molecule has 0 saturated heterocycles. The number of carbonyl (C=O) groups is 1. The molecule has 31 heavy (non-hydrogen) atoms. The van der Waals surface area contributed by atoms with E-state index in [1.807, 2.05) is 12.1 Å². The van der Waals surface area contributed by atoms with E-state index in [4.69, 9.17) is 4.74 Å². The van der Waals surface area contributed by atoms with E-state index >= 15 is 0 Å². The number of unbranched alkanes of at least 4 members (excludes halogenated alkanes) is 4. The zero-order chi connectivity index (χ0) is 21.9. The summed E-state index contributed by atoms with van der Waals surface area (Å²) in [6, 6.07) is 8.35. The van der Waals surface area contributed by atoms with E-state index in [1.54, 1.807) is 0 Å². The highest BCUT2D eigenvalue weighted by Crippen LogP contribution is 2.37. The zero-order valence-electron chi connectivity index (χ0n) is 20.2. The van der Waals surface area contributed by atoms with Crippen molar-refractivity contribution in [2.24, 2.45) is 11.8 Å². The normalized spacial score (nSPS) is 26.5. The molecule has 0 amide bonds. The summed E-state index contributed by atoms with van der Waals surface area (Å²) in [5, 5.41) is 0. The number of ether oxygens (including phenoxy) is 1. The van der Waals surface area contributed by atoms with E-state index in [9.17, 15) is 4.79 Å². The minimum atomic E-state index is -0.124. The van der Waals surface area contributed by atoms with Crippen LogP contribution in [0.1, 0.15) is 138 Å². The quantitative estimate of drug-likeness (QED) is 0.261. The summed E-state index contributed by atoms with van der Waals surface area (Å²) >= 11 is 0. The third-order valence-corrected chi connectivity index (χ3v) is 7.94. The lowest BCUT2D eigenvalue weighted by Crippen LogP contribution is -2.24. The average molecular weight is 427 g/mol. The second-order valence-electron chi connectivity index (χ2n) is 10.4. The van der Waals surface area contributed by atoms with Crippen LogP contribution in [0, 0.1) is 11.8 Å². The van der Waals surface area contributed by atoms with Crippen molar-refractivity contribution < 1.29 is 9.53 Å². The van der Waals surface area contributed by atoms with Crippen LogP contribution in [0.4, 0.5) is 0 Å². The van der Waals surface area contributed by atoms with Crippen LogP contribution in [0.25, 0.3) is 0 Å². The minimum Gasteiger partial charge on any atom is -0.459 e. The van der Waals surface area contributed by atoms with Gasteiger partial charge in [-0.05, 0) is 86.8 Å². The molecule has 2 aliphatic rings. The van der Waals surface area contributed by atoms with Gasteiger partial charge < -0.3 is 4.74 Å². The third-order valence-electron chi connectivity index (χ3n) is 7.94. The van der Waals surface area contributed by atoms with Crippen LogP contribution in [0.2, 0.25) is 0 Å². The molecule has 2 fully saturated rings. The van der Waals surface area contributed by atoms with Gasteiger partial charge in [0.1, 0.15) is 6.10 Å². The number of esters is 1. The predicted molar refractivity (Wildman–Crippen MR) is 131 cm³/mol. The van der Waals surface area contributed by atoms with Gasteiger partial charge in [-0.1, -0.05) is 77.3 Å². The predicted octanol–water partition coefficient (Wildman–Crippen LogP) is 8.84. The Morgan fingerprint density at radius 2 is 1.35 bits per heavy atom. The third kappa shape index (κ3) is 7.95. The van der Waals surface area contributed by atoms with Crippen molar-refractivity contribution in [1.82, 2.24) is 0 Å². The molecule has 0 atom stereocenters. The molecule has 174 valence electrons. The SMILES string of the molecule is CCCCCCCC1CCC(OC(=O)c2ccc(C3CCC(CCC)CC3)cc2)CC1. The number of hydrogen-bond acceptors (Lipinski definition) is 2. The van der Waals surface area contributed by atoms with Crippen molar-refractivity contribution in [3.05, 3.63) is 35.4 Å². The van der Waals surface area contributed by atoms with Crippen molar-refractivity contribution >= 4 is 5.97 Å². The Morgan fingerprint density at radius 3 is 2.00 bits per heavy atom. The van der Waals surface area contributed by atoms with Crippen LogP contribution >= 0.6 is 0 Å². The summed E-state index contributed by atoms with van der Waals surface area (Å²) in [6.07, 6.45) is 20.9. The number of carbonyl (C=O) groups excluding carboxylic acids is 1. The summed E-state index contributed by atoms with van der Waals surface area (Å²) in [5.74, 6) is 2.34. The molecule has 0 bridgehead atoms. The largest absolute Gasteiger partial charge is 0.459 e. The molecule has 0 radical (unpaired) electrons. The van der Waals surface area contributed by atoms with Gasteiger partial charge in [0, 0.05) is 0 Å². The van der Waals surface area contributed by atoms with Gasteiger partial charge in [-0.15, -0.1) is 0 Å². The summed E-state index contributed by atoms with van der Waals surface area (Å²) < 4.78 is 5.87. The van der Waals surface area contributed by atoms with Crippen LogP contribution in [0.5, 0.6) is 0 Å². The fourth-order valence-corrected chi connectivity index (χ4v) is 5.88. The molecule has 2 nitrogen and oxygen atoms in total. The molecular formula is C29H46O2. The van der Waals surface area contributed by atoms with Gasteiger partial charge in [0.2, 0.25) is 0 Å². The van der Waals surface area contributed by atoms with E-state index in [1.165, 1.54) is 95.5 Å². The average Bonchev–Trinajstić information content (AvgIpc) is 2.81. The highest BCUT2D eigenvalue weighted by Gasteiger charge is 2.25. The lowest BCUT2D eigenvalue weighted by atomic mass is 9.77. The van der Waals surface area contributed by atoms with Crippen LogP contribution in [-0.4, -0.2) is 12.1 Å². The van der Waals surface area contributed by atoms with Gasteiger partial charge in [-0.25, -0.2) is 4.79 Å². The number of rotatable bonds is 11. The van der Waals surface area contributed by atoms with Crippen molar-refractivity contribution in [3.8, 4) is 0 Å². The second kappa shape index (κ2) is 13.3. The van der Waals surface area contributed by atoms with E-state index in [2.05, 4.69) is 26.0 Å². The van der Waals surface area contributed by atoms with Crippen LogP contribution in [0.3, 0.4) is 0 Å². The number of benzene rings is 1. The first kappa shape index (κ1) is 24.3. The van der Waals surface area contributed by atoms with Gasteiger partial charge in [0.25, 0.3) is 0 Å². The molecule has 2 heteroatoms. The Kier molecular flexibility index (Phi) is 10.4. The zero-order valence-corrected chi connectivity index (χ0v) is 20.2. The minimum absolute atomic E-state index is 0.123. The van der Waals surface area contributed by atoms with Crippen molar-refractivity contribution in [2.75, 3.05) is 0 Å². The first-order chi connectivity index (χ1) is 15.2. The first-order valence-corrected chi connectivity index (χ1v) is 13.5. The van der Waals surface area contributed by atoms with Gasteiger partial charge in [0.15, 0.2) is 0 Å². The standard InChI is InChI=1S/C29H46O2/c1-3-5-6-7-8-10-24-13-21-28(22-14-24)31-29(30)27-19-17-26(18-20-27)25-15-11-23(9-4-2)12-16-25/h17-20,23-25,28H,3-16,21-22H2,1-2H3. The fourth-order valence-electron chi connectivity index (χ4n) is 5.88. The Hall–Kier alpha value is -1.31. The Bertz CT molecular complexity index is 619.